The Bertz CT molecular complexity index is 459. The van der Waals surface area contributed by atoms with Gasteiger partial charge in [0.25, 0.3) is 0 Å². The lowest BCUT2D eigenvalue weighted by atomic mass is 10.1. The number of anilines is 1. The molecule has 0 spiro atoms. The van der Waals surface area contributed by atoms with E-state index < -0.39 is 0 Å². The van der Waals surface area contributed by atoms with Gasteiger partial charge in [0.2, 0.25) is 0 Å². The van der Waals surface area contributed by atoms with Crippen molar-refractivity contribution in [1.29, 1.82) is 0 Å². The molecule has 1 aliphatic carbocycles. The van der Waals surface area contributed by atoms with Gasteiger partial charge in [0, 0.05) is 35.4 Å². The van der Waals surface area contributed by atoms with Crippen molar-refractivity contribution in [2.24, 2.45) is 0 Å². The predicted octanol–water partition coefficient (Wildman–Crippen LogP) is 5.00. The highest BCUT2D eigenvalue weighted by molar-refractivity contribution is 6.30. The quantitative estimate of drug-likeness (QED) is 0.823. The normalized spacial score (nSPS) is 16.4. The molecule has 0 atom stereocenters. The van der Waals surface area contributed by atoms with Crippen molar-refractivity contribution in [2.75, 3.05) is 11.4 Å². The van der Waals surface area contributed by atoms with Gasteiger partial charge in [-0.25, -0.2) is 0 Å². The van der Waals surface area contributed by atoms with E-state index in [1.807, 2.05) is 6.07 Å². The average molecular weight is 309 g/mol. The molecular weight excluding hydrogens is 280 g/mol. The summed E-state index contributed by atoms with van der Waals surface area (Å²) in [6, 6.07) is 7.01. The number of nitrogens with zero attached hydrogens (tertiary/aromatic N) is 1. The van der Waals surface area contributed by atoms with Crippen molar-refractivity contribution in [3.05, 3.63) is 28.8 Å². The maximum atomic E-state index is 6.27. The Morgan fingerprint density at radius 3 is 2.48 bits per heavy atom. The lowest BCUT2D eigenvalue weighted by Crippen LogP contribution is -2.37. The van der Waals surface area contributed by atoms with Crippen LogP contribution in [0.5, 0.6) is 0 Å². The first kappa shape index (κ1) is 16.6. The van der Waals surface area contributed by atoms with E-state index in [2.05, 4.69) is 50.0 Å². The molecule has 1 saturated carbocycles. The van der Waals surface area contributed by atoms with E-state index in [4.69, 9.17) is 11.6 Å². The van der Waals surface area contributed by atoms with Gasteiger partial charge in [-0.2, -0.15) is 0 Å². The van der Waals surface area contributed by atoms with Crippen LogP contribution in [0, 0.1) is 0 Å². The molecule has 1 aromatic rings. The number of halogens is 1. The standard InChI is InChI=1S/C18H29ClN2/c1-5-21(16-8-6-7-9-16)17-12-15(19)11-10-14(17)13-20-18(2,3)4/h10-12,16,20H,5-9,13H2,1-4H3. The van der Waals surface area contributed by atoms with Crippen molar-refractivity contribution >= 4 is 17.3 Å². The Morgan fingerprint density at radius 2 is 1.90 bits per heavy atom. The fourth-order valence-corrected chi connectivity index (χ4v) is 3.32. The van der Waals surface area contributed by atoms with Gasteiger partial charge in [0.1, 0.15) is 0 Å². The summed E-state index contributed by atoms with van der Waals surface area (Å²) in [6.45, 7) is 10.8. The molecule has 0 aliphatic heterocycles. The van der Waals surface area contributed by atoms with Crippen LogP contribution >= 0.6 is 11.6 Å². The van der Waals surface area contributed by atoms with Gasteiger partial charge >= 0.3 is 0 Å². The van der Waals surface area contributed by atoms with Crippen LogP contribution in [0.15, 0.2) is 18.2 Å². The Balaban J connectivity index is 2.24. The van der Waals surface area contributed by atoms with Crippen LogP contribution in [-0.4, -0.2) is 18.1 Å². The second-order valence-corrected chi connectivity index (χ2v) is 7.54. The molecule has 0 radical (unpaired) electrons. The molecule has 118 valence electrons. The number of rotatable bonds is 5. The highest BCUT2D eigenvalue weighted by Gasteiger charge is 2.23. The summed E-state index contributed by atoms with van der Waals surface area (Å²) in [5.74, 6) is 0. The Kier molecular flexibility index (Phi) is 5.56. The van der Waals surface area contributed by atoms with E-state index in [9.17, 15) is 0 Å². The Morgan fingerprint density at radius 1 is 1.24 bits per heavy atom. The molecule has 1 fully saturated rings. The van der Waals surface area contributed by atoms with Gasteiger partial charge < -0.3 is 10.2 Å². The summed E-state index contributed by atoms with van der Waals surface area (Å²) in [6.07, 6.45) is 5.34. The zero-order chi connectivity index (χ0) is 15.5. The molecule has 1 aromatic carbocycles. The zero-order valence-electron chi connectivity index (χ0n) is 13.9. The van der Waals surface area contributed by atoms with Crippen LogP contribution < -0.4 is 10.2 Å². The summed E-state index contributed by atoms with van der Waals surface area (Å²) >= 11 is 6.27. The largest absolute Gasteiger partial charge is 0.369 e. The third-order valence-corrected chi connectivity index (χ3v) is 4.51. The molecule has 2 nitrogen and oxygen atoms in total. The molecule has 0 bridgehead atoms. The molecule has 0 amide bonds. The maximum absolute atomic E-state index is 6.27. The molecule has 0 aromatic heterocycles. The van der Waals surface area contributed by atoms with Crippen LogP contribution in [0.4, 0.5) is 5.69 Å². The summed E-state index contributed by atoms with van der Waals surface area (Å²) in [4.78, 5) is 2.55. The van der Waals surface area contributed by atoms with Gasteiger partial charge in [0.05, 0.1) is 0 Å². The van der Waals surface area contributed by atoms with Crippen molar-refractivity contribution < 1.29 is 0 Å². The van der Waals surface area contributed by atoms with Crippen molar-refractivity contribution in [2.45, 2.75) is 71.5 Å². The topological polar surface area (TPSA) is 15.3 Å². The molecule has 0 saturated heterocycles. The van der Waals surface area contributed by atoms with E-state index >= 15 is 0 Å². The molecule has 0 unspecified atom stereocenters. The summed E-state index contributed by atoms with van der Waals surface area (Å²) in [5.41, 5.74) is 2.79. The van der Waals surface area contributed by atoms with Gasteiger partial charge in [-0.15, -0.1) is 0 Å². The van der Waals surface area contributed by atoms with E-state index in [-0.39, 0.29) is 5.54 Å². The van der Waals surface area contributed by atoms with Gasteiger partial charge in [0.15, 0.2) is 0 Å². The van der Waals surface area contributed by atoms with Crippen molar-refractivity contribution in [3.63, 3.8) is 0 Å². The van der Waals surface area contributed by atoms with Crippen molar-refractivity contribution in [3.8, 4) is 0 Å². The van der Waals surface area contributed by atoms with E-state index in [0.29, 0.717) is 6.04 Å². The van der Waals surface area contributed by atoms with Crippen LogP contribution in [0.25, 0.3) is 0 Å². The van der Waals surface area contributed by atoms with Gasteiger partial charge in [-0.05, 0) is 58.2 Å². The van der Waals surface area contributed by atoms with Crippen LogP contribution in [-0.2, 0) is 6.54 Å². The van der Waals surface area contributed by atoms with E-state index in [1.165, 1.54) is 36.9 Å². The molecule has 0 heterocycles. The van der Waals surface area contributed by atoms with Crippen molar-refractivity contribution in [1.82, 2.24) is 5.32 Å². The molecule has 1 N–H and O–H groups in total. The molecule has 1 aliphatic rings. The SMILES string of the molecule is CCN(c1cc(Cl)ccc1CNC(C)(C)C)C1CCCC1. The third kappa shape index (κ3) is 4.62. The fourth-order valence-electron chi connectivity index (χ4n) is 3.16. The monoisotopic (exact) mass is 308 g/mol. The van der Waals surface area contributed by atoms with Crippen LogP contribution in [0.2, 0.25) is 5.02 Å². The lowest BCUT2D eigenvalue weighted by molar-refractivity contribution is 0.424. The highest BCUT2D eigenvalue weighted by atomic mass is 35.5. The average Bonchev–Trinajstić information content (AvgIpc) is 2.91. The Labute approximate surface area is 134 Å². The smallest absolute Gasteiger partial charge is 0.0429 e. The minimum Gasteiger partial charge on any atom is -0.369 e. The maximum Gasteiger partial charge on any atom is 0.0429 e. The highest BCUT2D eigenvalue weighted by Crippen LogP contribution is 2.32. The number of hydrogen-bond donors (Lipinski definition) is 1. The molecular formula is C18H29ClN2. The molecule has 2 rings (SSSR count). The number of benzene rings is 1. The second-order valence-electron chi connectivity index (χ2n) is 7.10. The number of nitrogens with one attached hydrogen (secondary N) is 1. The fraction of sp³-hybridized carbons (Fsp3) is 0.667. The molecule has 21 heavy (non-hydrogen) atoms. The lowest BCUT2D eigenvalue weighted by Gasteiger charge is -2.33. The summed E-state index contributed by atoms with van der Waals surface area (Å²) < 4.78 is 0. The first-order chi connectivity index (χ1) is 9.90. The van der Waals surface area contributed by atoms with Crippen LogP contribution in [0.1, 0.15) is 58.9 Å². The first-order valence-electron chi connectivity index (χ1n) is 8.21. The molecule has 3 heteroatoms. The minimum atomic E-state index is 0.126. The van der Waals surface area contributed by atoms with Crippen LogP contribution in [0.3, 0.4) is 0 Å². The second kappa shape index (κ2) is 7.02. The predicted molar refractivity (Wildman–Crippen MR) is 93.3 cm³/mol. The van der Waals surface area contributed by atoms with Gasteiger partial charge in [-0.1, -0.05) is 30.5 Å². The van der Waals surface area contributed by atoms with E-state index in [1.54, 1.807) is 0 Å². The Hall–Kier alpha value is -0.730. The minimum absolute atomic E-state index is 0.126. The first-order valence-corrected chi connectivity index (χ1v) is 8.58. The number of hydrogen-bond acceptors (Lipinski definition) is 2. The summed E-state index contributed by atoms with van der Waals surface area (Å²) in [7, 11) is 0. The zero-order valence-corrected chi connectivity index (χ0v) is 14.6. The summed E-state index contributed by atoms with van der Waals surface area (Å²) in [5, 5.41) is 4.43. The van der Waals surface area contributed by atoms with Gasteiger partial charge in [-0.3, -0.25) is 0 Å². The third-order valence-electron chi connectivity index (χ3n) is 4.27. The van der Waals surface area contributed by atoms with E-state index in [0.717, 1.165) is 18.1 Å².